The third kappa shape index (κ3) is 1.96. The summed E-state index contributed by atoms with van der Waals surface area (Å²) in [6, 6.07) is 13.8. The van der Waals surface area contributed by atoms with E-state index < -0.39 is 0 Å². The van der Waals surface area contributed by atoms with Crippen molar-refractivity contribution in [3.8, 4) is 0 Å². The number of rotatable bonds is 1. The van der Waals surface area contributed by atoms with Gasteiger partial charge < -0.3 is 0 Å². The van der Waals surface area contributed by atoms with Crippen molar-refractivity contribution in [3.05, 3.63) is 59.9 Å². The number of nitrogens with zero attached hydrogens (tertiary/aromatic N) is 2. The van der Waals surface area contributed by atoms with Crippen molar-refractivity contribution in [1.29, 1.82) is 0 Å². The van der Waals surface area contributed by atoms with E-state index in [-0.39, 0.29) is 17.6 Å². The standard InChI is InChI=1S/C16H11FN2OS/c17-11-7-5-10(6-8-11)12-9-21-16-18-13-3-1-2-4-14(13)19(16)15(12)20/h1-8,12H,9H2/t12-/m1/s1. The minimum Gasteiger partial charge on any atom is -0.273 e. The number of para-hydroxylation sites is 2. The molecule has 2 aromatic carbocycles. The zero-order chi connectivity index (χ0) is 14.4. The van der Waals surface area contributed by atoms with Crippen molar-refractivity contribution in [2.45, 2.75) is 11.1 Å². The van der Waals surface area contributed by atoms with Crippen LogP contribution in [0.25, 0.3) is 11.0 Å². The first-order valence-electron chi connectivity index (χ1n) is 6.64. The van der Waals surface area contributed by atoms with Crippen LogP contribution >= 0.6 is 11.8 Å². The number of benzene rings is 2. The molecule has 0 fully saturated rings. The molecule has 0 N–H and O–H groups in total. The van der Waals surface area contributed by atoms with E-state index >= 15 is 0 Å². The highest BCUT2D eigenvalue weighted by atomic mass is 32.2. The molecular weight excluding hydrogens is 287 g/mol. The third-order valence-electron chi connectivity index (χ3n) is 3.70. The molecule has 1 atom stereocenters. The molecule has 3 aromatic rings. The Bertz CT molecular complexity index is 841. The Morgan fingerprint density at radius 2 is 1.90 bits per heavy atom. The second-order valence-electron chi connectivity index (χ2n) is 4.97. The van der Waals surface area contributed by atoms with Gasteiger partial charge in [-0.3, -0.25) is 9.36 Å². The number of imidazole rings is 1. The van der Waals surface area contributed by atoms with Crippen LogP contribution in [0.1, 0.15) is 16.3 Å². The maximum atomic E-state index is 13.0. The highest BCUT2D eigenvalue weighted by Crippen LogP contribution is 2.35. The summed E-state index contributed by atoms with van der Waals surface area (Å²) in [7, 11) is 0. The third-order valence-corrected chi connectivity index (χ3v) is 4.73. The van der Waals surface area contributed by atoms with Crippen LogP contribution in [0.3, 0.4) is 0 Å². The second-order valence-corrected chi connectivity index (χ2v) is 5.96. The smallest absolute Gasteiger partial charge is 0.241 e. The van der Waals surface area contributed by atoms with Gasteiger partial charge >= 0.3 is 0 Å². The van der Waals surface area contributed by atoms with Crippen molar-refractivity contribution < 1.29 is 9.18 Å². The number of hydrogen-bond acceptors (Lipinski definition) is 3. The summed E-state index contributed by atoms with van der Waals surface area (Å²) in [5.74, 6) is 0.0848. The van der Waals surface area contributed by atoms with E-state index in [1.165, 1.54) is 12.1 Å². The number of fused-ring (bicyclic) bond motifs is 3. The molecule has 4 rings (SSSR count). The molecule has 1 aromatic heterocycles. The van der Waals surface area contributed by atoms with Crippen molar-refractivity contribution >= 4 is 28.7 Å². The van der Waals surface area contributed by atoms with E-state index in [0.29, 0.717) is 5.75 Å². The average molecular weight is 298 g/mol. The van der Waals surface area contributed by atoms with E-state index in [1.54, 1.807) is 28.5 Å². The van der Waals surface area contributed by atoms with Gasteiger partial charge in [0.15, 0.2) is 5.16 Å². The monoisotopic (exact) mass is 298 g/mol. The van der Waals surface area contributed by atoms with Crippen LogP contribution in [0.15, 0.2) is 53.7 Å². The number of aromatic nitrogens is 2. The predicted molar refractivity (Wildman–Crippen MR) is 80.2 cm³/mol. The SMILES string of the molecule is O=C1[C@@H](c2ccc(F)cc2)CSc2nc3ccccc3n21. The molecule has 0 amide bonds. The summed E-state index contributed by atoms with van der Waals surface area (Å²) in [4.78, 5) is 17.3. The van der Waals surface area contributed by atoms with Crippen LogP contribution in [-0.2, 0) is 0 Å². The summed E-state index contributed by atoms with van der Waals surface area (Å²) < 4.78 is 14.7. The Morgan fingerprint density at radius 3 is 2.71 bits per heavy atom. The molecule has 0 bridgehead atoms. The molecule has 1 aliphatic rings. The van der Waals surface area contributed by atoms with Gasteiger partial charge in [-0.25, -0.2) is 9.37 Å². The molecule has 104 valence electrons. The largest absolute Gasteiger partial charge is 0.273 e. The molecule has 2 heterocycles. The van der Waals surface area contributed by atoms with Crippen LogP contribution < -0.4 is 0 Å². The number of halogens is 1. The average Bonchev–Trinajstić information content (AvgIpc) is 2.88. The Labute approximate surface area is 124 Å². The van der Waals surface area contributed by atoms with Crippen molar-refractivity contribution in [2.24, 2.45) is 0 Å². The molecule has 21 heavy (non-hydrogen) atoms. The fourth-order valence-corrected chi connectivity index (χ4v) is 3.76. The lowest BCUT2D eigenvalue weighted by Gasteiger charge is -2.22. The lowest BCUT2D eigenvalue weighted by molar-refractivity contribution is 0.0876. The van der Waals surface area contributed by atoms with Gasteiger partial charge in [-0.2, -0.15) is 0 Å². The van der Waals surface area contributed by atoms with E-state index in [9.17, 15) is 9.18 Å². The van der Waals surface area contributed by atoms with Crippen molar-refractivity contribution in [3.63, 3.8) is 0 Å². The summed E-state index contributed by atoms with van der Waals surface area (Å²) in [5, 5.41) is 0.736. The number of carbonyl (C=O) groups is 1. The fraction of sp³-hybridized carbons (Fsp3) is 0.125. The van der Waals surface area contributed by atoms with Gasteiger partial charge in [0, 0.05) is 5.75 Å². The first-order chi connectivity index (χ1) is 10.2. The van der Waals surface area contributed by atoms with Crippen LogP contribution in [0.5, 0.6) is 0 Å². The Balaban J connectivity index is 1.82. The highest BCUT2D eigenvalue weighted by Gasteiger charge is 2.31. The van der Waals surface area contributed by atoms with Gasteiger partial charge in [-0.05, 0) is 29.8 Å². The van der Waals surface area contributed by atoms with Crippen molar-refractivity contribution in [1.82, 2.24) is 9.55 Å². The molecule has 0 radical (unpaired) electrons. The van der Waals surface area contributed by atoms with Gasteiger partial charge in [0.05, 0.1) is 17.0 Å². The minimum absolute atomic E-state index is 0.00376. The zero-order valence-electron chi connectivity index (χ0n) is 11.0. The Hall–Kier alpha value is -2.14. The molecule has 3 nitrogen and oxygen atoms in total. The van der Waals surface area contributed by atoms with Gasteiger partial charge in [-0.1, -0.05) is 36.0 Å². The zero-order valence-corrected chi connectivity index (χ0v) is 11.8. The normalized spacial score (nSPS) is 18.0. The molecule has 0 unspecified atom stereocenters. The Kier molecular flexibility index (Phi) is 2.82. The molecule has 5 heteroatoms. The fourth-order valence-electron chi connectivity index (χ4n) is 2.63. The molecule has 0 saturated carbocycles. The number of thioether (sulfide) groups is 1. The van der Waals surface area contributed by atoms with Crippen LogP contribution in [0.4, 0.5) is 4.39 Å². The first kappa shape index (κ1) is 12.6. The molecule has 1 aliphatic heterocycles. The van der Waals surface area contributed by atoms with Crippen molar-refractivity contribution in [2.75, 3.05) is 5.75 Å². The molecule has 0 spiro atoms. The Morgan fingerprint density at radius 1 is 1.14 bits per heavy atom. The van der Waals surface area contributed by atoms with E-state index in [4.69, 9.17) is 0 Å². The molecular formula is C16H11FN2OS. The van der Waals surface area contributed by atoms with Gasteiger partial charge in [0.25, 0.3) is 0 Å². The molecule has 0 aliphatic carbocycles. The van der Waals surface area contributed by atoms with Crippen LogP contribution in [0, 0.1) is 5.82 Å². The highest BCUT2D eigenvalue weighted by molar-refractivity contribution is 7.99. The van der Waals surface area contributed by atoms with E-state index in [0.717, 1.165) is 21.8 Å². The predicted octanol–water partition coefficient (Wildman–Crippen LogP) is 3.71. The summed E-state index contributed by atoms with van der Waals surface area (Å²) >= 11 is 1.56. The topological polar surface area (TPSA) is 34.9 Å². The summed E-state index contributed by atoms with van der Waals surface area (Å²) in [5.41, 5.74) is 2.50. The summed E-state index contributed by atoms with van der Waals surface area (Å²) in [6.45, 7) is 0. The van der Waals surface area contributed by atoms with E-state index in [1.807, 2.05) is 24.3 Å². The maximum absolute atomic E-state index is 13.0. The lowest BCUT2D eigenvalue weighted by atomic mass is 10.00. The number of carbonyl (C=O) groups excluding carboxylic acids is 1. The first-order valence-corrected chi connectivity index (χ1v) is 7.62. The minimum atomic E-state index is -0.288. The van der Waals surface area contributed by atoms with Gasteiger partial charge in [0.2, 0.25) is 5.91 Å². The number of hydrogen-bond donors (Lipinski definition) is 0. The molecule has 0 saturated heterocycles. The van der Waals surface area contributed by atoms with Gasteiger partial charge in [-0.15, -0.1) is 0 Å². The van der Waals surface area contributed by atoms with Crippen LogP contribution in [0.2, 0.25) is 0 Å². The van der Waals surface area contributed by atoms with E-state index in [2.05, 4.69) is 4.98 Å². The summed E-state index contributed by atoms with van der Waals surface area (Å²) in [6.07, 6.45) is 0. The second kappa shape index (κ2) is 4.70. The quantitative estimate of drug-likeness (QED) is 0.687. The van der Waals surface area contributed by atoms with Gasteiger partial charge in [0.1, 0.15) is 5.82 Å². The lowest BCUT2D eigenvalue weighted by Crippen LogP contribution is -2.26. The maximum Gasteiger partial charge on any atom is 0.241 e. The van der Waals surface area contributed by atoms with Crippen LogP contribution in [-0.4, -0.2) is 21.2 Å².